The van der Waals surface area contributed by atoms with E-state index in [1.807, 2.05) is 0 Å². The molecule has 0 aromatic rings. The van der Waals surface area contributed by atoms with E-state index in [9.17, 15) is 0 Å². The fraction of sp³-hybridized carbons (Fsp3) is 0.833. The third-order valence-electron chi connectivity index (χ3n) is 2.59. The normalized spacial score (nSPS) is 15.8. The van der Waals surface area contributed by atoms with E-state index in [0.717, 1.165) is 19.0 Å². The van der Waals surface area contributed by atoms with Gasteiger partial charge in [0.25, 0.3) is 0 Å². The molecular formula is C12H22N2. The standard InChI is InChI=1S/C12H22N2/c1-3-7-13-8-10-14(9-4-2)11-12-5-6-12/h1,12-13H,4-11H2,2H3. The Morgan fingerprint density at radius 1 is 1.43 bits per heavy atom. The first kappa shape index (κ1) is 11.6. The van der Waals surface area contributed by atoms with Crippen LogP contribution in [0.5, 0.6) is 0 Å². The van der Waals surface area contributed by atoms with Gasteiger partial charge in [0.2, 0.25) is 0 Å². The fourth-order valence-electron chi connectivity index (χ4n) is 1.67. The minimum absolute atomic E-state index is 0.698. The molecule has 2 heteroatoms. The maximum absolute atomic E-state index is 5.17. The number of nitrogens with zero attached hydrogens (tertiary/aromatic N) is 1. The molecular weight excluding hydrogens is 172 g/mol. The molecule has 0 atom stereocenters. The van der Waals surface area contributed by atoms with Gasteiger partial charge < -0.3 is 10.2 Å². The van der Waals surface area contributed by atoms with Gasteiger partial charge >= 0.3 is 0 Å². The van der Waals surface area contributed by atoms with Crippen molar-refractivity contribution < 1.29 is 0 Å². The van der Waals surface area contributed by atoms with E-state index >= 15 is 0 Å². The number of hydrogen-bond donors (Lipinski definition) is 1. The largest absolute Gasteiger partial charge is 0.305 e. The van der Waals surface area contributed by atoms with Crippen LogP contribution in [-0.2, 0) is 0 Å². The first-order chi connectivity index (χ1) is 6.86. The van der Waals surface area contributed by atoms with Crippen LogP contribution in [0.2, 0.25) is 0 Å². The predicted octanol–water partition coefficient (Wildman–Crippen LogP) is 1.33. The summed E-state index contributed by atoms with van der Waals surface area (Å²) in [5.74, 6) is 3.59. The van der Waals surface area contributed by atoms with Gasteiger partial charge in [0, 0.05) is 19.6 Å². The van der Waals surface area contributed by atoms with Gasteiger partial charge in [0.05, 0.1) is 6.54 Å². The second-order valence-corrected chi connectivity index (χ2v) is 4.12. The Morgan fingerprint density at radius 2 is 2.21 bits per heavy atom. The minimum atomic E-state index is 0.698. The average Bonchev–Trinajstić information content (AvgIpc) is 2.96. The molecule has 80 valence electrons. The van der Waals surface area contributed by atoms with Crippen molar-refractivity contribution in [1.29, 1.82) is 0 Å². The number of hydrogen-bond acceptors (Lipinski definition) is 2. The van der Waals surface area contributed by atoms with Gasteiger partial charge in [-0.25, -0.2) is 0 Å². The summed E-state index contributed by atoms with van der Waals surface area (Å²) in [6.45, 7) is 7.64. The third kappa shape index (κ3) is 5.26. The molecule has 1 saturated carbocycles. The molecule has 0 aliphatic heterocycles. The third-order valence-corrected chi connectivity index (χ3v) is 2.59. The van der Waals surface area contributed by atoms with Crippen LogP contribution < -0.4 is 5.32 Å². The van der Waals surface area contributed by atoms with E-state index in [-0.39, 0.29) is 0 Å². The molecule has 0 amide bonds. The molecule has 1 N–H and O–H groups in total. The van der Waals surface area contributed by atoms with Gasteiger partial charge in [0.15, 0.2) is 0 Å². The molecule has 0 unspecified atom stereocenters. The van der Waals surface area contributed by atoms with E-state index in [0.29, 0.717) is 6.54 Å². The molecule has 1 aliphatic carbocycles. The lowest BCUT2D eigenvalue weighted by Crippen LogP contribution is -2.34. The highest BCUT2D eigenvalue weighted by Crippen LogP contribution is 2.29. The van der Waals surface area contributed by atoms with Crippen LogP contribution >= 0.6 is 0 Å². The van der Waals surface area contributed by atoms with Crippen molar-refractivity contribution in [1.82, 2.24) is 10.2 Å². The maximum atomic E-state index is 5.17. The van der Waals surface area contributed by atoms with Gasteiger partial charge in [-0.2, -0.15) is 0 Å². The van der Waals surface area contributed by atoms with Crippen LogP contribution in [-0.4, -0.2) is 37.6 Å². The van der Waals surface area contributed by atoms with E-state index in [2.05, 4.69) is 23.1 Å². The van der Waals surface area contributed by atoms with Crippen LogP contribution in [0.4, 0.5) is 0 Å². The Kier molecular flexibility index (Phi) is 5.66. The van der Waals surface area contributed by atoms with Crippen LogP contribution in [0.25, 0.3) is 0 Å². The number of terminal acetylenes is 1. The van der Waals surface area contributed by atoms with Crippen LogP contribution in [0.1, 0.15) is 26.2 Å². The summed E-state index contributed by atoms with van der Waals surface area (Å²) in [5.41, 5.74) is 0. The quantitative estimate of drug-likeness (QED) is 0.463. The average molecular weight is 194 g/mol. The van der Waals surface area contributed by atoms with Crippen molar-refractivity contribution in [2.45, 2.75) is 26.2 Å². The van der Waals surface area contributed by atoms with Gasteiger partial charge in [0.1, 0.15) is 0 Å². The Hall–Kier alpha value is -0.520. The number of rotatable bonds is 8. The highest BCUT2D eigenvalue weighted by atomic mass is 15.1. The predicted molar refractivity (Wildman–Crippen MR) is 61.2 cm³/mol. The zero-order chi connectivity index (χ0) is 10.2. The molecule has 0 heterocycles. The van der Waals surface area contributed by atoms with Crippen molar-refractivity contribution in [3.63, 3.8) is 0 Å². The molecule has 0 aromatic carbocycles. The molecule has 2 nitrogen and oxygen atoms in total. The van der Waals surface area contributed by atoms with Gasteiger partial charge in [-0.3, -0.25) is 0 Å². The monoisotopic (exact) mass is 194 g/mol. The topological polar surface area (TPSA) is 15.3 Å². The zero-order valence-electron chi connectivity index (χ0n) is 9.26. The summed E-state index contributed by atoms with van der Waals surface area (Å²) >= 11 is 0. The Bertz CT molecular complexity index is 179. The maximum Gasteiger partial charge on any atom is 0.0574 e. The van der Waals surface area contributed by atoms with Gasteiger partial charge in [-0.15, -0.1) is 6.42 Å². The van der Waals surface area contributed by atoms with Crippen molar-refractivity contribution >= 4 is 0 Å². The molecule has 1 rings (SSSR count). The van der Waals surface area contributed by atoms with Crippen molar-refractivity contribution in [2.75, 3.05) is 32.7 Å². The molecule has 0 radical (unpaired) electrons. The van der Waals surface area contributed by atoms with E-state index in [1.54, 1.807) is 0 Å². The summed E-state index contributed by atoms with van der Waals surface area (Å²) in [6, 6.07) is 0. The lowest BCUT2D eigenvalue weighted by molar-refractivity contribution is 0.264. The Morgan fingerprint density at radius 3 is 2.79 bits per heavy atom. The highest BCUT2D eigenvalue weighted by Gasteiger charge is 2.23. The van der Waals surface area contributed by atoms with E-state index < -0.39 is 0 Å². The molecule has 1 fully saturated rings. The van der Waals surface area contributed by atoms with Crippen LogP contribution in [0, 0.1) is 18.3 Å². The first-order valence-electron chi connectivity index (χ1n) is 5.73. The summed E-state index contributed by atoms with van der Waals surface area (Å²) in [4.78, 5) is 2.56. The minimum Gasteiger partial charge on any atom is -0.305 e. The smallest absolute Gasteiger partial charge is 0.0574 e. The first-order valence-corrected chi connectivity index (χ1v) is 5.73. The highest BCUT2D eigenvalue weighted by molar-refractivity contribution is 4.86. The summed E-state index contributed by atoms with van der Waals surface area (Å²) in [5, 5.41) is 3.24. The number of nitrogens with one attached hydrogen (secondary N) is 1. The van der Waals surface area contributed by atoms with Crippen molar-refractivity contribution in [2.24, 2.45) is 5.92 Å². The fourth-order valence-corrected chi connectivity index (χ4v) is 1.67. The lowest BCUT2D eigenvalue weighted by atomic mass is 10.3. The second kappa shape index (κ2) is 6.86. The van der Waals surface area contributed by atoms with Gasteiger partial charge in [-0.05, 0) is 31.7 Å². The molecule has 1 aliphatic rings. The molecule has 0 saturated heterocycles. The zero-order valence-corrected chi connectivity index (χ0v) is 9.26. The van der Waals surface area contributed by atoms with E-state index in [1.165, 1.54) is 32.4 Å². The second-order valence-electron chi connectivity index (χ2n) is 4.12. The lowest BCUT2D eigenvalue weighted by Gasteiger charge is -2.21. The molecule has 0 spiro atoms. The summed E-state index contributed by atoms with van der Waals surface area (Å²) in [7, 11) is 0. The SMILES string of the molecule is C#CCNCCN(CCC)CC1CC1. The summed E-state index contributed by atoms with van der Waals surface area (Å²) in [6.07, 6.45) is 9.31. The molecule has 0 bridgehead atoms. The van der Waals surface area contributed by atoms with Crippen molar-refractivity contribution in [3.05, 3.63) is 0 Å². The van der Waals surface area contributed by atoms with Crippen LogP contribution in [0.15, 0.2) is 0 Å². The van der Waals surface area contributed by atoms with E-state index in [4.69, 9.17) is 6.42 Å². The van der Waals surface area contributed by atoms with Gasteiger partial charge in [-0.1, -0.05) is 12.8 Å². The Labute approximate surface area is 88.1 Å². The molecule has 14 heavy (non-hydrogen) atoms. The Balaban J connectivity index is 2.04. The van der Waals surface area contributed by atoms with Crippen molar-refractivity contribution in [3.8, 4) is 12.3 Å². The van der Waals surface area contributed by atoms with Crippen LogP contribution in [0.3, 0.4) is 0 Å². The summed E-state index contributed by atoms with van der Waals surface area (Å²) < 4.78 is 0. The molecule has 0 aromatic heterocycles.